The van der Waals surface area contributed by atoms with E-state index in [2.05, 4.69) is 54.7 Å². The highest BCUT2D eigenvalue weighted by Crippen LogP contribution is 2.31. The van der Waals surface area contributed by atoms with E-state index in [0.29, 0.717) is 11.6 Å². The summed E-state index contributed by atoms with van der Waals surface area (Å²) in [6.45, 7) is 2.00. The number of hydrogen-bond donors (Lipinski definition) is 4. The molecule has 42 heavy (non-hydrogen) atoms. The van der Waals surface area contributed by atoms with E-state index < -0.39 is 30.9 Å². The molecule has 4 N–H and O–H groups in total. The van der Waals surface area contributed by atoms with Gasteiger partial charge in [0.25, 0.3) is 0 Å². The molecule has 0 amide bonds. The Bertz CT molecular complexity index is 1500. The van der Waals surface area contributed by atoms with Crippen molar-refractivity contribution in [2.75, 3.05) is 23.7 Å². The van der Waals surface area contributed by atoms with Gasteiger partial charge in [-0.2, -0.15) is 26.3 Å². The summed E-state index contributed by atoms with van der Waals surface area (Å²) in [6.07, 6.45) is -4.74. The molecule has 0 radical (unpaired) electrons. The number of pyridine rings is 2. The van der Waals surface area contributed by atoms with Crippen molar-refractivity contribution in [1.82, 2.24) is 9.97 Å². The molecule has 2 aromatic heterocycles. The van der Waals surface area contributed by atoms with Gasteiger partial charge in [0, 0.05) is 52.4 Å². The first-order chi connectivity index (χ1) is 19.8. The van der Waals surface area contributed by atoms with E-state index >= 15 is 0 Å². The Hall–Kier alpha value is -3.62. The van der Waals surface area contributed by atoms with E-state index in [-0.39, 0.29) is 5.46 Å². The zero-order valence-corrected chi connectivity index (χ0v) is 23.4. The van der Waals surface area contributed by atoms with E-state index in [0.717, 1.165) is 55.5 Å². The molecule has 6 rings (SSSR count). The summed E-state index contributed by atoms with van der Waals surface area (Å²) >= 11 is 3.44. The maximum atomic E-state index is 12.4. The number of fused-ring (bicyclic) bond motifs is 2. The Labute approximate surface area is 246 Å². The quantitative estimate of drug-likeness (QED) is 0.159. The topological polar surface area (TPSA) is 90.3 Å². The van der Waals surface area contributed by atoms with Crippen molar-refractivity contribution < 1.29 is 36.4 Å². The first kappa shape index (κ1) is 31.3. The molecule has 0 aliphatic carbocycles. The minimum atomic E-state index is -4.50. The minimum absolute atomic E-state index is 0.0759. The average Bonchev–Trinajstić information content (AvgIpc) is 3.62. The number of anilines is 2. The summed E-state index contributed by atoms with van der Waals surface area (Å²) in [4.78, 5) is 6.51. The zero-order chi connectivity index (χ0) is 30.5. The van der Waals surface area contributed by atoms with E-state index in [1.165, 1.54) is 33.6 Å². The highest BCUT2D eigenvalue weighted by molar-refractivity contribution is 9.10. The SMILES string of the molecule is Brc1ccc2c(c1)CCN2.FC(F)(F)c1ccc(-c2ccc3c(c2)CCN3)cn1.OB(O)c1ccc(C(F)(F)F)nc1. The van der Waals surface area contributed by atoms with Crippen LogP contribution in [0.15, 0.2) is 77.5 Å². The van der Waals surface area contributed by atoms with Gasteiger partial charge in [-0.15, -0.1) is 0 Å². The van der Waals surface area contributed by atoms with Gasteiger partial charge in [0.05, 0.1) is 0 Å². The second-order valence-electron chi connectivity index (χ2n) is 9.31. The van der Waals surface area contributed by atoms with Gasteiger partial charge in [-0.25, -0.2) is 0 Å². The lowest BCUT2D eigenvalue weighted by Gasteiger charge is -2.08. The Balaban J connectivity index is 0.000000153. The average molecular weight is 653 g/mol. The number of aromatic nitrogens is 2. The van der Waals surface area contributed by atoms with Gasteiger partial charge in [0.1, 0.15) is 11.4 Å². The van der Waals surface area contributed by atoms with Gasteiger partial charge >= 0.3 is 19.5 Å². The second kappa shape index (κ2) is 13.1. The largest absolute Gasteiger partial charge is 0.490 e. The predicted octanol–water partition coefficient (Wildman–Crippen LogP) is 5.93. The van der Waals surface area contributed by atoms with Crippen molar-refractivity contribution in [1.29, 1.82) is 0 Å². The van der Waals surface area contributed by atoms with Crippen LogP contribution in [0.3, 0.4) is 0 Å². The molecule has 0 fully saturated rings. The minimum Gasteiger partial charge on any atom is -0.423 e. The lowest BCUT2D eigenvalue weighted by Crippen LogP contribution is -2.30. The summed E-state index contributed by atoms with van der Waals surface area (Å²) in [5.74, 6) is 0. The van der Waals surface area contributed by atoms with Gasteiger partial charge in [-0.3, -0.25) is 9.97 Å². The monoisotopic (exact) mass is 652 g/mol. The number of nitrogens with zero attached hydrogens (tertiary/aromatic N) is 2. The smallest absolute Gasteiger partial charge is 0.423 e. The molecule has 0 spiro atoms. The summed E-state index contributed by atoms with van der Waals surface area (Å²) in [5.41, 5.74) is 4.61. The summed E-state index contributed by atoms with van der Waals surface area (Å²) < 4.78 is 74.3. The highest BCUT2D eigenvalue weighted by Gasteiger charge is 2.33. The van der Waals surface area contributed by atoms with Crippen LogP contribution in [0, 0.1) is 0 Å². The maximum absolute atomic E-state index is 12.4. The van der Waals surface area contributed by atoms with Crippen molar-refractivity contribution in [3.63, 3.8) is 0 Å². The Morgan fingerprint density at radius 2 is 1.19 bits per heavy atom. The molecule has 0 saturated carbocycles. The zero-order valence-electron chi connectivity index (χ0n) is 21.8. The summed E-state index contributed by atoms with van der Waals surface area (Å²) in [6, 6.07) is 16.3. The number of rotatable bonds is 2. The summed E-state index contributed by atoms with van der Waals surface area (Å²) in [5, 5.41) is 23.7. The van der Waals surface area contributed by atoms with Crippen LogP contribution in [-0.4, -0.2) is 40.2 Å². The molecule has 2 aliphatic heterocycles. The van der Waals surface area contributed by atoms with Gasteiger partial charge < -0.3 is 20.7 Å². The molecule has 0 unspecified atom stereocenters. The van der Waals surface area contributed by atoms with Gasteiger partial charge in [-0.1, -0.05) is 34.1 Å². The number of hydrogen-bond acceptors (Lipinski definition) is 6. The molecule has 14 heteroatoms. The first-order valence-corrected chi connectivity index (χ1v) is 13.4. The molecule has 2 aromatic carbocycles. The van der Waals surface area contributed by atoms with E-state index in [4.69, 9.17) is 10.0 Å². The van der Waals surface area contributed by atoms with E-state index in [9.17, 15) is 26.3 Å². The summed E-state index contributed by atoms with van der Waals surface area (Å²) in [7, 11) is -1.80. The number of halogens is 7. The van der Waals surface area contributed by atoms with Crippen molar-refractivity contribution in [3.05, 3.63) is 100 Å². The van der Waals surface area contributed by atoms with Crippen LogP contribution in [-0.2, 0) is 25.2 Å². The van der Waals surface area contributed by atoms with E-state index in [1.54, 1.807) is 0 Å². The normalized spacial score (nSPS) is 13.4. The lowest BCUT2D eigenvalue weighted by molar-refractivity contribution is -0.141. The third-order valence-corrected chi connectivity index (χ3v) is 6.85. The fraction of sp³-hybridized carbons (Fsp3) is 0.214. The molecule has 0 bridgehead atoms. The Kier molecular flexibility index (Phi) is 9.80. The maximum Gasteiger partial charge on any atom is 0.490 e. The third-order valence-electron chi connectivity index (χ3n) is 6.35. The molecule has 4 heterocycles. The number of benzene rings is 2. The fourth-order valence-corrected chi connectivity index (χ4v) is 4.62. The van der Waals surface area contributed by atoms with Gasteiger partial charge in [0.2, 0.25) is 0 Å². The van der Waals surface area contributed by atoms with Crippen LogP contribution in [0.5, 0.6) is 0 Å². The molecule has 0 saturated heterocycles. The van der Waals surface area contributed by atoms with Gasteiger partial charge in [0.15, 0.2) is 0 Å². The predicted molar refractivity (Wildman–Crippen MR) is 152 cm³/mol. The fourth-order valence-electron chi connectivity index (χ4n) is 4.22. The number of alkyl halides is 6. The third kappa shape index (κ3) is 8.23. The molecular formula is C28H24BBrF6N4O2. The first-order valence-electron chi connectivity index (χ1n) is 12.6. The van der Waals surface area contributed by atoms with E-state index in [1.807, 2.05) is 18.2 Å². The molecule has 2 aliphatic rings. The van der Waals surface area contributed by atoms with Gasteiger partial charge in [-0.05, 0) is 72.0 Å². The molecule has 4 aromatic rings. The van der Waals surface area contributed by atoms with Crippen LogP contribution < -0.4 is 16.1 Å². The molecule has 6 nitrogen and oxygen atoms in total. The van der Waals surface area contributed by atoms with Crippen LogP contribution in [0.4, 0.5) is 37.7 Å². The molecule has 0 atom stereocenters. The van der Waals surface area contributed by atoms with Crippen molar-refractivity contribution in [3.8, 4) is 11.1 Å². The molecular weight excluding hydrogens is 629 g/mol. The standard InChI is InChI=1S/C14H11F3N2.C8H8BrN.C6H5BF3NO2/c15-14(16,17)13-4-2-11(8-19-13)9-1-3-12-10(7-9)5-6-18-12;9-7-1-2-8-6(5-7)3-4-10-8;8-6(9,10)5-2-1-4(3-11-5)7(12)13/h1-4,7-8,18H,5-6H2;1-2,5,10H,3-4H2;1-3,12-13H. The molecule has 220 valence electrons. The van der Waals surface area contributed by atoms with Crippen LogP contribution in [0.1, 0.15) is 22.5 Å². The second-order valence-corrected chi connectivity index (χ2v) is 10.2. The Morgan fingerprint density at radius 3 is 1.69 bits per heavy atom. The number of nitrogens with one attached hydrogen (secondary N) is 2. The Morgan fingerprint density at radius 1 is 0.667 bits per heavy atom. The van der Waals surface area contributed by atoms with Crippen molar-refractivity contribution in [2.45, 2.75) is 25.2 Å². The van der Waals surface area contributed by atoms with Crippen LogP contribution in [0.25, 0.3) is 11.1 Å². The van der Waals surface area contributed by atoms with Crippen LogP contribution >= 0.6 is 15.9 Å². The van der Waals surface area contributed by atoms with Crippen molar-refractivity contribution >= 4 is 39.9 Å². The lowest BCUT2D eigenvalue weighted by atomic mass is 9.82. The van der Waals surface area contributed by atoms with Crippen molar-refractivity contribution in [2.24, 2.45) is 0 Å². The van der Waals surface area contributed by atoms with Crippen LogP contribution in [0.2, 0.25) is 0 Å². The highest BCUT2D eigenvalue weighted by atomic mass is 79.9.